The summed E-state index contributed by atoms with van der Waals surface area (Å²) in [7, 11) is 0. The summed E-state index contributed by atoms with van der Waals surface area (Å²) in [4.78, 5) is 0. The van der Waals surface area contributed by atoms with Crippen molar-refractivity contribution in [2.45, 2.75) is 39.7 Å². The number of nitrogens with one attached hydrogen (secondary N) is 1. The lowest BCUT2D eigenvalue weighted by Gasteiger charge is -2.01. The SMILES string of the molecule is CC(C)CCCC[n+]1cnn[nH]1. The van der Waals surface area contributed by atoms with E-state index in [9.17, 15) is 0 Å². The Bertz CT molecular complexity index is 193. The van der Waals surface area contributed by atoms with Crippen LogP contribution in [0.1, 0.15) is 33.1 Å². The fraction of sp³-hybridized carbons (Fsp3) is 0.875. The first kappa shape index (κ1) is 9.16. The Labute approximate surface area is 73.0 Å². The van der Waals surface area contributed by atoms with Crippen LogP contribution in [0.5, 0.6) is 0 Å². The van der Waals surface area contributed by atoms with E-state index in [1.54, 1.807) is 6.33 Å². The van der Waals surface area contributed by atoms with Gasteiger partial charge in [0, 0.05) is 0 Å². The summed E-state index contributed by atoms with van der Waals surface area (Å²) in [6, 6.07) is 0. The summed E-state index contributed by atoms with van der Waals surface area (Å²) in [6.45, 7) is 5.51. The summed E-state index contributed by atoms with van der Waals surface area (Å²) in [5.74, 6) is 0.815. The highest BCUT2D eigenvalue weighted by Crippen LogP contribution is 2.05. The number of aromatic amines is 1. The van der Waals surface area contributed by atoms with Gasteiger partial charge in [0.2, 0.25) is 0 Å². The molecule has 0 unspecified atom stereocenters. The maximum atomic E-state index is 3.69. The fourth-order valence-corrected chi connectivity index (χ4v) is 1.14. The number of nitrogens with zero attached hydrogens (tertiary/aromatic N) is 3. The average molecular weight is 169 g/mol. The van der Waals surface area contributed by atoms with Crippen molar-refractivity contribution in [1.29, 1.82) is 0 Å². The summed E-state index contributed by atoms with van der Waals surface area (Å²) in [6.07, 6.45) is 5.51. The predicted octanol–water partition coefficient (Wildman–Crippen LogP) is 0.918. The molecule has 0 aliphatic heterocycles. The van der Waals surface area contributed by atoms with E-state index in [0.717, 1.165) is 12.5 Å². The molecule has 1 aromatic rings. The van der Waals surface area contributed by atoms with E-state index < -0.39 is 0 Å². The molecule has 0 saturated carbocycles. The highest BCUT2D eigenvalue weighted by Gasteiger charge is 1.99. The Morgan fingerprint density at radius 1 is 1.42 bits per heavy atom. The second kappa shape index (κ2) is 4.85. The summed E-state index contributed by atoms with van der Waals surface area (Å²) in [5.41, 5.74) is 0. The molecule has 0 amide bonds. The fourth-order valence-electron chi connectivity index (χ4n) is 1.14. The third-order valence-electron chi connectivity index (χ3n) is 1.85. The maximum absolute atomic E-state index is 3.69. The number of tetrazole rings is 1. The van der Waals surface area contributed by atoms with Crippen molar-refractivity contribution in [2.24, 2.45) is 5.92 Å². The second-order valence-electron chi connectivity index (χ2n) is 3.51. The Balaban J connectivity index is 2.04. The summed E-state index contributed by atoms with van der Waals surface area (Å²) < 4.78 is 1.90. The molecule has 0 aromatic carbocycles. The molecule has 1 N–H and O–H groups in total. The van der Waals surface area contributed by atoms with Gasteiger partial charge < -0.3 is 0 Å². The zero-order valence-corrected chi connectivity index (χ0v) is 7.82. The topological polar surface area (TPSA) is 45.5 Å². The van der Waals surface area contributed by atoms with Gasteiger partial charge >= 0.3 is 0 Å². The van der Waals surface area contributed by atoms with Gasteiger partial charge in [-0.15, -0.1) is 0 Å². The highest BCUT2D eigenvalue weighted by molar-refractivity contribution is 4.43. The van der Waals surface area contributed by atoms with Crippen LogP contribution in [0, 0.1) is 5.92 Å². The molecule has 0 fully saturated rings. The number of aromatic nitrogens is 4. The molecule has 1 heterocycles. The minimum Gasteiger partial charge on any atom is -0.165 e. The van der Waals surface area contributed by atoms with Crippen molar-refractivity contribution in [1.82, 2.24) is 15.5 Å². The summed E-state index contributed by atoms with van der Waals surface area (Å²) in [5, 5.41) is 10.1. The van der Waals surface area contributed by atoms with Gasteiger partial charge in [0.05, 0.1) is 6.54 Å². The van der Waals surface area contributed by atoms with E-state index in [-0.39, 0.29) is 0 Å². The first-order valence-electron chi connectivity index (χ1n) is 4.54. The molecule has 0 bridgehead atoms. The second-order valence-corrected chi connectivity index (χ2v) is 3.51. The van der Waals surface area contributed by atoms with Gasteiger partial charge in [-0.3, -0.25) is 0 Å². The Hall–Kier alpha value is -0.930. The van der Waals surface area contributed by atoms with Crippen molar-refractivity contribution < 1.29 is 4.68 Å². The largest absolute Gasteiger partial charge is 0.288 e. The van der Waals surface area contributed by atoms with Crippen LogP contribution in [0.15, 0.2) is 6.33 Å². The molecule has 0 aliphatic carbocycles. The zero-order chi connectivity index (χ0) is 8.81. The van der Waals surface area contributed by atoms with Gasteiger partial charge in [0.15, 0.2) is 5.21 Å². The number of aryl methyl sites for hydroxylation is 1. The van der Waals surface area contributed by atoms with E-state index in [1.807, 2.05) is 4.68 Å². The van der Waals surface area contributed by atoms with E-state index in [2.05, 4.69) is 29.4 Å². The van der Waals surface area contributed by atoms with Gasteiger partial charge in [-0.25, -0.2) is 0 Å². The molecule has 12 heavy (non-hydrogen) atoms. The van der Waals surface area contributed by atoms with Crippen molar-refractivity contribution in [3.05, 3.63) is 6.33 Å². The molecule has 0 atom stereocenters. The molecule has 1 rings (SSSR count). The van der Waals surface area contributed by atoms with Crippen molar-refractivity contribution in [3.8, 4) is 0 Å². The van der Waals surface area contributed by atoms with E-state index in [0.29, 0.717) is 0 Å². The third kappa shape index (κ3) is 3.46. The molecule has 0 radical (unpaired) electrons. The van der Waals surface area contributed by atoms with Crippen LogP contribution < -0.4 is 4.68 Å². The molecule has 0 saturated heterocycles. The first-order chi connectivity index (χ1) is 5.79. The Morgan fingerprint density at radius 2 is 2.25 bits per heavy atom. The zero-order valence-electron chi connectivity index (χ0n) is 7.82. The standard InChI is InChI=1S/C8H16N4/c1-8(2)5-3-4-6-12-7-9-10-11-12/h7-8H,3-6H2,1-2H3/p+1. The van der Waals surface area contributed by atoms with Crippen LogP contribution in [-0.2, 0) is 6.54 Å². The van der Waals surface area contributed by atoms with Crippen molar-refractivity contribution in [3.63, 3.8) is 0 Å². The Morgan fingerprint density at radius 3 is 2.83 bits per heavy atom. The predicted molar refractivity (Wildman–Crippen MR) is 45.3 cm³/mol. The number of unbranched alkanes of at least 4 members (excludes halogenated alkanes) is 1. The lowest BCUT2D eigenvalue weighted by molar-refractivity contribution is -0.754. The van der Waals surface area contributed by atoms with Gasteiger partial charge in [-0.2, -0.15) is 4.68 Å². The molecule has 4 heteroatoms. The number of H-pyrrole nitrogens is 1. The highest BCUT2D eigenvalue weighted by atomic mass is 15.5. The Kier molecular flexibility index (Phi) is 3.70. The van der Waals surface area contributed by atoms with Gasteiger partial charge in [0.25, 0.3) is 6.33 Å². The van der Waals surface area contributed by atoms with E-state index >= 15 is 0 Å². The van der Waals surface area contributed by atoms with Crippen LogP contribution in [0.2, 0.25) is 0 Å². The number of hydrogen-bond acceptors (Lipinski definition) is 2. The van der Waals surface area contributed by atoms with Gasteiger partial charge in [0.1, 0.15) is 5.10 Å². The van der Waals surface area contributed by atoms with Gasteiger partial charge in [-0.05, 0) is 18.8 Å². The number of hydrogen-bond donors (Lipinski definition) is 1. The van der Waals surface area contributed by atoms with Crippen molar-refractivity contribution >= 4 is 0 Å². The quantitative estimate of drug-likeness (QED) is 0.526. The van der Waals surface area contributed by atoms with Gasteiger partial charge in [-0.1, -0.05) is 25.5 Å². The maximum Gasteiger partial charge on any atom is 0.288 e. The summed E-state index contributed by atoms with van der Waals surface area (Å²) >= 11 is 0. The normalized spacial score (nSPS) is 10.9. The minimum atomic E-state index is 0.815. The molecular weight excluding hydrogens is 152 g/mol. The molecule has 1 aromatic heterocycles. The van der Waals surface area contributed by atoms with E-state index in [1.165, 1.54) is 19.3 Å². The third-order valence-corrected chi connectivity index (χ3v) is 1.85. The average Bonchev–Trinajstić information content (AvgIpc) is 2.49. The molecule has 0 spiro atoms. The van der Waals surface area contributed by atoms with Crippen LogP contribution in [0.3, 0.4) is 0 Å². The molecule has 4 nitrogen and oxygen atoms in total. The smallest absolute Gasteiger partial charge is 0.165 e. The monoisotopic (exact) mass is 169 g/mol. The van der Waals surface area contributed by atoms with Crippen LogP contribution in [0.25, 0.3) is 0 Å². The van der Waals surface area contributed by atoms with Crippen LogP contribution in [-0.4, -0.2) is 15.5 Å². The lowest BCUT2D eigenvalue weighted by atomic mass is 10.1. The van der Waals surface area contributed by atoms with Crippen LogP contribution in [0.4, 0.5) is 0 Å². The molecular formula is C8H17N4+. The molecule has 68 valence electrons. The molecule has 0 aliphatic rings. The van der Waals surface area contributed by atoms with E-state index in [4.69, 9.17) is 0 Å². The number of rotatable bonds is 5. The first-order valence-corrected chi connectivity index (χ1v) is 4.54. The van der Waals surface area contributed by atoms with Crippen molar-refractivity contribution in [2.75, 3.05) is 0 Å². The lowest BCUT2D eigenvalue weighted by Crippen LogP contribution is -2.35. The van der Waals surface area contributed by atoms with Crippen LogP contribution >= 0.6 is 0 Å². The minimum absolute atomic E-state index is 0.815.